The van der Waals surface area contributed by atoms with Gasteiger partial charge in [-0.2, -0.15) is 0 Å². The van der Waals surface area contributed by atoms with Crippen LogP contribution < -0.4 is 5.32 Å². The summed E-state index contributed by atoms with van der Waals surface area (Å²) in [5.74, 6) is -0.200. The molecule has 0 saturated carbocycles. The Labute approximate surface area is 154 Å². The van der Waals surface area contributed by atoms with Gasteiger partial charge in [-0.05, 0) is 47.9 Å². The van der Waals surface area contributed by atoms with E-state index in [1.165, 1.54) is 35.1 Å². The average Bonchev–Trinajstić information content (AvgIpc) is 3.23. The first-order valence-electron chi connectivity index (χ1n) is 8.91. The van der Waals surface area contributed by atoms with E-state index in [0.717, 1.165) is 12.8 Å². The predicted octanol–water partition coefficient (Wildman–Crippen LogP) is 1.83. The first-order valence-corrected chi connectivity index (χ1v) is 8.91. The van der Waals surface area contributed by atoms with Gasteiger partial charge < -0.3 is 14.8 Å². The SMILES string of the molecule is O=C(O)Cc1nnc(-c2cnc(NC3Cc4cc5c(cc4C3)CC5)nc2)o1. The van der Waals surface area contributed by atoms with Crippen LogP contribution in [-0.4, -0.2) is 37.3 Å². The second kappa shape index (κ2) is 6.15. The highest BCUT2D eigenvalue weighted by Crippen LogP contribution is 2.32. The van der Waals surface area contributed by atoms with Gasteiger partial charge in [0.2, 0.25) is 11.8 Å². The van der Waals surface area contributed by atoms with E-state index in [1.54, 1.807) is 12.4 Å². The summed E-state index contributed by atoms with van der Waals surface area (Å²) in [6.45, 7) is 0. The van der Waals surface area contributed by atoms with Gasteiger partial charge in [0.1, 0.15) is 6.42 Å². The highest BCUT2D eigenvalue weighted by Gasteiger charge is 2.25. The van der Waals surface area contributed by atoms with Gasteiger partial charge in [-0.25, -0.2) is 9.97 Å². The molecule has 0 aliphatic heterocycles. The van der Waals surface area contributed by atoms with Crippen molar-refractivity contribution < 1.29 is 14.3 Å². The van der Waals surface area contributed by atoms with E-state index in [1.807, 2.05) is 0 Å². The van der Waals surface area contributed by atoms with E-state index in [-0.39, 0.29) is 24.2 Å². The summed E-state index contributed by atoms with van der Waals surface area (Å²) in [5, 5.41) is 19.7. The molecular weight excluding hydrogens is 346 g/mol. The third-order valence-corrected chi connectivity index (χ3v) is 5.12. The standard InChI is InChI=1S/C19H17N5O3/c25-17(26)7-16-23-24-18(27-16)14-8-20-19(21-9-14)22-15-5-12-3-10-1-2-11(10)4-13(12)6-15/h3-4,8-9,15H,1-2,5-7H2,(H,25,26)(H,20,21,22). The Hall–Kier alpha value is -3.29. The summed E-state index contributed by atoms with van der Waals surface area (Å²) in [5.41, 5.74) is 6.41. The molecule has 1 aromatic carbocycles. The lowest BCUT2D eigenvalue weighted by Gasteiger charge is -2.19. The quantitative estimate of drug-likeness (QED) is 0.706. The molecule has 2 aliphatic carbocycles. The number of anilines is 1. The van der Waals surface area contributed by atoms with Crippen molar-refractivity contribution in [3.8, 4) is 11.5 Å². The maximum Gasteiger partial charge on any atom is 0.312 e. The Balaban J connectivity index is 1.26. The Kier molecular flexibility index (Phi) is 3.63. The smallest absolute Gasteiger partial charge is 0.312 e. The predicted molar refractivity (Wildman–Crippen MR) is 95.3 cm³/mol. The minimum absolute atomic E-state index is 0.0551. The molecule has 2 aromatic heterocycles. The van der Waals surface area contributed by atoms with Crippen molar-refractivity contribution >= 4 is 11.9 Å². The highest BCUT2D eigenvalue weighted by molar-refractivity contribution is 5.68. The molecule has 27 heavy (non-hydrogen) atoms. The summed E-state index contributed by atoms with van der Waals surface area (Å²) < 4.78 is 5.32. The summed E-state index contributed by atoms with van der Waals surface area (Å²) in [6, 6.07) is 4.99. The van der Waals surface area contributed by atoms with Gasteiger partial charge in [-0.1, -0.05) is 12.1 Å². The first-order chi connectivity index (χ1) is 13.1. The number of aromatic nitrogens is 4. The van der Waals surface area contributed by atoms with Crippen molar-refractivity contribution in [3.05, 3.63) is 52.7 Å². The minimum Gasteiger partial charge on any atom is -0.481 e. The van der Waals surface area contributed by atoms with Crippen molar-refractivity contribution in [2.45, 2.75) is 38.1 Å². The van der Waals surface area contributed by atoms with Crippen LogP contribution in [0.15, 0.2) is 28.9 Å². The Bertz CT molecular complexity index is 995. The number of nitrogens with one attached hydrogen (secondary N) is 1. The molecule has 2 N–H and O–H groups in total. The molecule has 0 saturated heterocycles. The van der Waals surface area contributed by atoms with Gasteiger partial charge in [0, 0.05) is 18.4 Å². The number of hydrogen-bond acceptors (Lipinski definition) is 7. The van der Waals surface area contributed by atoms with Gasteiger partial charge >= 0.3 is 5.97 Å². The van der Waals surface area contributed by atoms with Crippen molar-refractivity contribution in [1.29, 1.82) is 0 Å². The number of rotatable bonds is 5. The van der Waals surface area contributed by atoms with Crippen LogP contribution in [0, 0.1) is 0 Å². The number of nitrogens with zero attached hydrogens (tertiary/aromatic N) is 4. The normalized spacial score (nSPS) is 15.1. The van der Waals surface area contributed by atoms with E-state index >= 15 is 0 Å². The molecule has 0 fully saturated rings. The lowest BCUT2D eigenvalue weighted by molar-refractivity contribution is -0.136. The van der Waals surface area contributed by atoms with Crippen molar-refractivity contribution in [2.24, 2.45) is 0 Å². The number of carboxylic acid groups (broad SMARTS) is 1. The van der Waals surface area contributed by atoms with Crippen LogP contribution in [0.5, 0.6) is 0 Å². The Morgan fingerprint density at radius 1 is 1.07 bits per heavy atom. The maximum atomic E-state index is 10.7. The number of hydrogen-bond donors (Lipinski definition) is 2. The van der Waals surface area contributed by atoms with E-state index in [2.05, 4.69) is 37.6 Å². The summed E-state index contributed by atoms with van der Waals surface area (Å²) in [4.78, 5) is 19.4. The number of carbonyl (C=O) groups is 1. The fraction of sp³-hybridized carbons (Fsp3) is 0.316. The molecule has 0 amide bonds. The van der Waals surface area contributed by atoms with Gasteiger partial charge in [0.05, 0.1) is 5.56 Å². The number of benzene rings is 1. The zero-order chi connectivity index (χ0) is 18.4. The van der Waals surface area contributed by atoms with Crippen molar-refractivity contribution in [1.82, 2.24) is 20.2 Å². The number of aliphatic carboxylic acids is 1. The van der Waals surface area contributed by atoms with Crippen LogP contribution in [-0.2, 0) is 36.9 Å². The highest BCUT2D eigenvalue weighted by atomic mass is 16.4. The lowest BCUT2D eigenvalue weighted by atomic mass is 9.85. The summed E-state index contributed by atoms with van der Waals surface area (Å²) >= 11 is 0. The molecule has 0 spiro atoms. The van der Waals surface area contributed by atoms with Gasteiger partial charge in [0.15, 0.2) is 0 Å². The molecule has 2 heterocycles. The monoisotopic (exact) mass is 363 g/mol. The average molecular weight is 363 g/mol. The van der Waals surface area contributed by atoms with E-state index in [4.69, 9.17) is 9.52 Å². The molecule has 0 bridgehead atoms. The molecular formula is C19H17N5O3. The van der Waals surface area contributed by atoms with Gasteiger partial charge in [0.25, 0.3) is 5.89 Å². The fourth-order valence-corrected chi connectivity index (χ4v) is 3.70. The second-order valence-electron chi connectivity index (χ2n) is 7.01. The third-order valence-electron chi connectivity index (χ3n) is 5.12. The summed E-state index contributed by atoms with van der Waals surface area (Å²) in [6.07, 6.45) is 7.26. The van der Waals surface area contributed by atoms with Crippen LogP contribution in [0.3, 0.4) is 0 Å². The third kappa shape index (κ3) is 3.03. The van der Waals surface area contributed by atoms with Crippen LogP contribution in [0.2, 0.25) is 0 Å². The molecule has 0 atom stereocenters. The zero-order valence-electron chi connectivity index (χ0n) is 14.5. The number of carboxylic acids is 1. The van der Waals surface area contributed by atoms with Crippen LogP contribution in [0.1, 0.15) is 28.1 Å². The summed E-state index contributed by atoms with van der Waals surface area (Å²) in [7, 11) is 0. The molecule has 0 unspecified atom stereocenters. The molecule has 0 radical (unpaired) electrons. The maximum absolute atomic E-state index is 10.7. The molecule has 8 nitrogen and oxygen atoms in total. The van der Waals surface area contributed by atoms with Crippen LogP contribution in [0.4, 0.5) is 5.95 Å². The Morgan fingerprint density at radius 2 is 1.74 bits per heavy atom. The number of aryl methyl sites for hydroxylation is 2. The molecule has 136 valence electrons. The van der Waals surface area contributed by atoms with E-state index < -0.39 is 5.97 Å². The zero-order valence-corrected chi connectivity index (χ0v) is 14.5. The number of fused-ring (bicyclic) bond motifs is 2. The molecule has 3 aromatic rings. The van der Waals surface area contributed by atoms with Crippen molar-refractivity contribution in [2.75, 3.05) is 5.32 Å². The van der Waals surface area contributed by atoms with Gasteiger partial charge in [-0.3, -0.25) is 4.79 Å². The Morgan fingerprint density at radius 3 is 2.33 bits per heavy atom. The van der Waals surface area contributed by atoms with Crippen LogP contribution in [0.25, 0.3) is 11.5 Å². The topological polar surface area (TPSA) is 114 Å². The largest absolute Gasteiger partial charge is 0.481 e. The fourth-order valence-electron chi connectivity index (χ4n) is 3.70. The lowest BCUT2D eigenvalue weighted by Crippen LogP contribution is -2.20. The molecule has 8 heteroatoms. The van der Waals surface area contributed by atoms with Crippen LogP contribution >= 0.6 is 0 Å². The van der Waals surface area contributed by atoms with E-state index in [0.29, 0.717) is 11.5 Å². The minimum atomic E-state index is -1.02. The van der Waals surface area contributed by atoms with Crippen molar-refractivity contribution in [3.63, 3.8) is 0 Å². The molecule has 5 rings (SSSR count). The molecule has 2 aliphatic rings. The second-order valence-corrected chi connectivity index (χ2v) is 7.01. The first kappa shape index (κ1) is 15.9. The van der Waals surface area contributed by atoms with Gasteiger partial charge in [-0.15, -0.1) is 10.2 Å². The van der Waals surface area contributed by atoms with E-state index in [9.17, 15) is 4.79 Å².